The zero-order valence-corrected chi connectivity index (χ0v) is 14.5. The SMILES string of the molecule is Cc1ccc(Cn2cccc(NC(=O)Nc3ccc(F)cc3F)c2=O)cc1. The second-order valence-corrected chi connectivity index (χ2v) is 6.04. The topological polar surface area (TPSA) is 63.1 Å². The molecule has 0 spiro atoms. The highest BCUT2D eigenvalue weighted by Gasteiger charge is 2.11. The number of aryl methyl sites for hydroxylation is 1. The monoisotopic (exact) mass is 369 g/mol. The van der Waals surface area contributed by atoms with Crippen LogP contribution in [0.2, 0.25) is 0 Å². The number of halogens is 2. The van der Waals surface area contributed by atoms with Crippen molar-refractivity contribution in [3.63, 3.8) is 0 Å². The summed E-state index contributed by atoms with van der Waals surface area (Å²) in [6.45, 7) is 2.33. The zero-order valence-electron chi connectivity index (χ0n) is 14.5. The quantitative estimate of drug-likeness (QED) is 0.726. The molecule has 0 bridgehead atoms. The first kappa shape index (κ1) is 18.3. The molecular formula is C20H17F2N3O2. The van der Waals surface area contributed by atoms with Crippen LogP contribution in [0.15, 0.2) is 65.6 Å². The predicted octanol–water partition coefficient (Wildman–Crippen LogP) is 4.13. The van der Waals surface area contributed by atoms with Crippen molar-refractivity contribution < 1.29 is 13.6 Å². The molecule has 0 atom stereocenters. The summed E-state index contributed by atoms with van der Waals surface area (Å²) in [6, 6.07) is 12.8. The number of benzene rings is 2. The number of hydrogen-bond acceptors (Lipinski definition) is 2. The van der Waals surface area contributed by atoms with Gasteiger partial charge in [0.1, 0.15) is 17.3 Å². The van der Waals surface area contributed by atoms with E-state index in [4.69, 9.17) is 0 Å². The van der Waals surface area contributed by atoms with E-state index in [1.807, 2.05) is 31.2 Å². The average molecular weight is 369 g/mol. The molecule has 1 heterocycles. The van der Waals surface area contributed by atoms with Crippen molar-refractivity contribution in [3.8, 4) is 0 Å². The number of amides is 2. The Bertz CT molecular complexity index is 1030. The van der Waals surface area contributed by atoms with E-state index in [-0.39, 0.29) is 11.4 Å². The maximum Gasteiger partial charge on any atom is 0.323 e. The minimum absolute atomic E-state index is 0.0460. The first-order chi connectivity index (χ1) is 12.9. The summed E-state index contributed by atoms with van der Waals surface area (Å²) in [5.41, 5.74) is 1.52. The molecule has 0 aliphatic heterocycles. The number of urea groups is 1. The lowest BCUT2D eigenvalue weighted by Crippen LogP contribution is -2.28. The smallest absolute Gasteiger partial charge is 0.309 e. The van der Waals surface area contributed by atoms with Gasteiger partial charge in [0.15, 0.2) is 0 Å². The predicted molar refractivity (Wildman–Crippen MR) is 100.0 cm³/mol. The van der Waals surface area contributed by atoms with Crippen LogP contribution in [0, 0.1) is 18.6 Å². The molecule has 138 valence electrons. The van der Waals surface area contributed by atoms with Gasteiger partial charge in [-0.2, -0.15) is 0 Å². The lowest BCUT2D eigenvalue weighted by atomic mass is 10.1. The van der Waals surface area contributed by atoms with E-state index in [2.05, 4.69) is 10.6 Å². The minimum Gasteiger partial charge on any atom is -0.309 e. The third-order valence-corrected chi connectivity index (χ3v) is 3.92. The van der Waals surface area contributed by atoms with Crippen LogP contribution < -0.4 is 16.2 Å². The highest BCUT2D eigenvalue weighted by molar-refractivity contribution is 5.99. The average Bonchev–Trinajstić information content (AvgIpc) is 2.63. The van der Waals surface area contributed by atoms with Crippen molar-refractivity contribution in [2.45, 2.75) is 13.5 Å². The second kappa shape index (κ2) is 7.82. The Morgan fingerprint density at radius 1 is 1.00 bits per heavy atom. The van der Waals surface area contributed by atoms with E-state index in [0.717, 1.165) is 23.3 Å². The van der Waals surface area contributed by atoms with Crippen molar-refractivity contribution in [2.75, 3.05) is 10.6 Å². The van der Waals surface area contributed by atoms with E-state index in [1.165, 1.54) is 10.6 Å². The van der Waals surface area contributed by atoms with Gasteiger partial charge >= 0.3 is 6.03 Å². The number of hydrogen-bond donors (Lipinski definition) is 2. The minimum atomic E-state index is -0.907. The van der Waals surface area contributed by atoms with Gasteiger partial charge in [-0.05, 0) is 36.8 Å². The summed E-state index contributed by atoms with van der Waals surface area (Å²) in [4.78, 5) is 24.6. The lowest BCUT2D eigenvalue weighted by molar-refractivity contribution is 0.262. The van der Waals surface area contributed by atoms with E-state index in [0.29, 0.717) is 12.6 Å². The summed E-state index contributed by atoms with van der Waals surface area (Å²) >= 11 is 0. The number of nitrogens with one attached hydrogen (secondary N) is 2. The molecule has 2 aromatic carbocycles. The van der Waals surface area contributed by atoms with Crippen molar-refractivity contribution in [1.82, 2.24) is 4.57 Å². The fourth-order valence-corrected chi connectivity index (χ4v) is 2.51. The van der Waals surface area contributed by atoms with Crippen molar-refractivity contribution in [1.29, 1.82) is 0 Å². The van der Waals surface area contributed by atoms with E-state index >= 15 is 0 Å². The Kier molecular flexibility index (Phi) is 5.30. The van der Waals surface area contributed by atoms with Gasteiger partial charge in [0.2, 0.25) is 0 Å². The first-order valence-corrected chi connectivity index (χ1v) is 8.20. The fraction of sp³-hybridized carbons (Fsp3) is 0.100. The van der Waals surface area contributed by atoms with Gasteiger partial charge in [-0.3, -0.25) is 4.79 Å². The van der Waals surface area contributed by atoms with Gasteiger partial charge in [-0.1, -0.05) is 29.8 Å². The van der Waals surface area contributed by atoms with E-state index in [1.54, 1.807) is 12.3 Å². The Labute approximate surface area is 154 Å². The summed E-state index contributed by atoms with van der Waals surface area (Å²) in [6.07, 6.45) is 1.62. The Balaban J connectivity index is 1.74. The fourth-order valence-electron chi connectivity index (χ4n) is 2.51. The summed E-state index contributed by atoms with van der Waals surface area (Å²) < 4.78 is 28.0. The van der Waals surface area contributed by atoms with Gasteiger partial charge < -0.3 is 15.2 Å². The highest BCUT2D eigenvalue weighted by atomic mass is 19.1. The number of pyridine rings is 1. The molecule has 3 rings (SSSR count). The molecule has 27 heavy (non-hydrogen) atoms. The van der Waals surface area contributed by atoms with Gasteiger partial charge in [-0.15, -0.1) is 0 Å². The third kappa shape index (κ3) is 4.58. The molecule has 0 fully saturated rings. The molecular weight excluding hydrogens is 352 g/mol. The number of carbonyl (C=O) groups excluding carboxylic acids is 1. The molecule has 0 unspecified atom stereocenters. The Morgan fingerprint density at radius 2 is 1.70 bits per heavy atom. The van der Waals surface area contributed by atoms with Gasteiger partial charge in [-0.25, -0.2) is 13.6 Å². The van der Waals surface area contributed by atoms with Crippen LogP contribution in [0.5, 0.6) is 0 Å². The number of nitrogens with zero attached hydrogens (tertiary/aromatic N) is 1. The maximum atomic E-state index is 13.6. The normalized spacial score (nSPS) is 10.5. The molecule has 5 nitrogen and oxygen atoms in total. The van der Waals surface area contributed by atoms with Crippen molar-refractivity contribution in [3.05, 3.63) is 93.9 Å². The second-order valence-electron chi connectivity index (χ2n) is 6.04. The van der Waals surface area contributed by atoms with Crippen LogP contribution in [-0.2, 0) is 6.54 Å². The van der Waals surface area contributed by atoms with Crippen LogP contribution in [0.25, 0.3) is 0 Å². The molecule has 2 N–H and O–H groups in total. The largest absolute Gasteiger partial charge is 0.323 e. The van der Waals surface area contributed by atoms with E-state index < -0.39 is 23.2 Å². The van der Waals surface area contributed by atoms with Crippen molar-refractivity contribution in [2.24, 2.45) is 0 Å². The van der Waals surface area contributed by atoms with Crippen LogP contribution in [0.4, 0.5) is 25.0 Å². The maximum absolute atomic E-state index is 13.6. The Morgan fingerprint density at radius 3 is 2.41 bits per heavy atom. The van der Waals surface area contributed by atoms with Gasteiger partial charge in [0.25, 0.3) is 5.56 Å². The molecule has 0 radical (unpaired) electrons. The first-order valence-electron chi connectivity index (χ1n) is 8.20. The van der Waals surface area contributed by atoms with Crippen LogP contribution >= 0.6 is 0 Å². The van der Waals surface area contributed by atoms with Crippen LogP contribution in [-0.4, -0.2) is 10.6 Å². The van der Waals surface area contributed by atoms with Crippen LogP contribution in [0.1, 0.15) is 11.1 Å². The summed E-state index contributed by atoms with van der Waals surface area (Å²) in [5.74, 6) is -1.66. The molecule has 3 aromatic rings. The standard InChI is InChI=1S/C20H17F2N3O2/c1-13-4-6-14(7-5-13)12-25-10-2-3-18(19(25)26)24-20(27)23-17-9-8-15(21)11-16(17)22/h2-11H,12H2,1H3,(H2,23,24,27). The molecule has 7 heteroatoms. The zero-order chi connectivity index (χ0) is 19.4. The molecule has 0 aliphatic rings. The summed E-state index contributed by atoms with van der Waals surface area (Å²) in [5, 5.41) is 4.64. The lowest BCUT2D eigenvalue weighted by Gasteiger charge is -2.11. The number of rotatable bonds is 4. The third-order valence-electron chi connectivity index (χ3n) is 3.92. The van der Waals surface area contributed by atoms with Crippen LogP contribution in [0.3, 0.4) is 0 Å². The van der Waals surface area contributed by atoms with Gasteiger partial charge in [0, 0.05) is 12.3 Å². The molecule has 0 aliphatic carbocycles. The van der Waals surface area contributed by atoms with E-state index in [9.17, 15) is 18.4 Å². The number of carbonyl (C=O) groups is 1. The molecule has 2 amide bonds. The molecule has 0 saturated carbocycles. The number of aromatic nitrogens is 1. The summed E-state index contributed by atoms with van der Waals surface area (Å²) in [7, 11) is 0. The molecule has 0 saturated heterocycles. The van der Waals surface area contributed by atoms with Crippen molar-refractivity contribution >= 4 is 17.4 Å². The highest BCUT2D eigenvalue weighted by Crippen LogP contribution is 2.15. The Hall–Kier alpha value is -3.48. The number of anilines is 2. The van der Waals surface area contributed by atoms with Gasteiger partial charge in [0.05, 0.1) is 12.2 Å². The molecule has 1 aromatic heterocycles.